The van der Waals surface area contributed by atoms with Gasteiger partial charge in [0.25, 0.3) is 0 Å². The minimum Gasteiger partial charge on any atom is -0.494 e. The smallest absolute Gasteiger partial charge is 0.247 e. The molecular formula is C34H42F2N8O3. The predicted octanol–water partition coefficient (Wildman–Crippen LogP) is 5.12. The maximum absolute atomic E-state index is 14.7. The van der Waals surface area contributed by atoms with Gasteiger partial charge >= 0.3 is 0 Å². The Hall–Kier alpha value is -4.33. The molecule has 2 atom stereocenters. The number of rotatable bonds is 10. The van der Waals surface area contributed by atoms with E-state index in [-0.39, 0.29) is 5.91 Å². The van der Waals surface area contributed by atoms with Crippen LogP contribution in [0.4, 0.5) is 37.5 Å². The average molecular weight is 649 g/mol. The number of amides is 1. The van der Waals surface area contributed by atoms with E-state index >= 15 is 0 Å². The van der Waals surface area contributed by atoms with Crippen LogP contribution in [0.1, 0.15) is 37.3 Å². The lowest BCUT2D eigenvalue weighted by Crippen LogP contribution is -2.45. The third-order valence-electron chi connectivity index (χ3n) is 9.38. The second kappa shape index (κ2) is 14.2. The molecule has 47 heavy (non-hydrogen) atoms. The molecule has 0 bridgehead atoms. The quantitative estimate of drug-likeness (QED) is 0.289. The first-order chi connectivity index (χ1) is 22.7. The normalized spacial score (nSPS) is 20.6. The molecule has 3 aliphatic rings. The van der Waals surface area contributed by atoms with E-state index in [1.807, 2.05) is 12.1 Å². The molecule has 13 heteroatoms. The Labute approximate surface area is 274 Å². The number of methoxy groups -OCH3 is 1. The first-order valence-electron chi connectivity index (χ1n) is 16.0. The lowest BCUT2D eigenvalue weighted by atomic mass is 10.0. The largest absolute Gasteiger partial charge is 0.494 e. The molecule has 250 valence electrons. The van der Waals surface area contributed by atoms with E-state index in [4.69, 9.17) is 9.57 Å². The van der Waals surface area contributed by atoms with Crippen LogP contribution in [0.5, 0.6) is 5.75 Å². The summed E-state index contributed by atoms with van der Waals surface area (Å²) >= 11 is 0. The van der Waals surface area contributed by atoms with E-state index in [1.165, 1.54) is 36.0 Å². The maximum atomic E-state index is 14.7. The number of likely N-dealkylation sites (tertiary alicyclic amines) is 1. The highest BCUT2D eigenvalue weighted by atomic mass is 19.1. The van der Waals surface area contributed by atoms with Crippen LogP contribution in [-0.4, -0.2) is 91.7 Å². The first kappa shape index (κ1) is 32.6. The number of nitrogens with zero attached hydrogens (tertiary/aromatic N) is 6. The molecule has 1 amide bonds. The highest BCUT2D eigenvalue weighted by Gasteiger charge is 2.33. The Kier molecular flexibility index (Phi) is 9.85. The number of aromatic nitrogens is 2. The molecule has 3 fully saturated rings. The van der Waals surface area contributed by atoms with Crippen molar-refractivity contribution in [3.63, 3.8) is 0 Å². The van der Waals surface area contributed by atoms with Crippen molar-refractivity contribution in [2.24, 2.45) is 0 Å². The highest BCUT2D eigenvalue weighted by Crippen LogP contribution is 2.41. The van der Waals surface area contributed by atoms with E-state index in [9.17, 15) is 13.6 Å². The van der Waals surface area contributed by atoms with Crippen LogP contribution in [0.25, 0.3) is 0 Å². The molecule has 0 saturated carbocycles. The molecule has 1 aromatic heterocycles. The van der Waals surface area contributed by atoms with Gasteiger partial charge in [0.15, 0.2) is 5.82 Å². The molecule has 0 radical (unpaired) electrons. The monoisotopic (exact) mass is 648 g/mol. The predicted molar refractivity (Wildman–Crippen MR) is 178 cm³/mol. The summed E-state index contributed by atoms with van der Waals surface area (Å²) in [6.45, 7) is 7.90. The number of halogens is 2. The Balaban J connectivity index is 1.22. The molecule has 2 N–H and O–H groups in total. The minimum absolute atomic E-state index is 0.319. The number of benzene rings is 2. The van der Waals surface area contributed by atoms with E-state index in [0.717, 1.165) is 50.8 Å². The van der Waals surface area contributed by atoms with Crippen molar-refractivity contribution in [1.82, 2.24) is 19.8 Å². The number of ether oxygens (including phenoxy) is 1. The minimum atomic E-state index is -0.643. The molecule has 0 spiro atoms. The van der Waals surface area contributed by atoms with Crippen molar-refractivity contribution >= 4 is 34.6 Å². The second-order valence-corrected chi connectivity index (χ2v) is 12.4. The van der Waals surface area contributed by atoms with Crippen molar-refractivity contribution < 1.29 is 23.1 Å². The van der Waals surface area contributed by atoms with Crippen LogP contribution in [0.3, 0.4) is 0 Å². The zero-order valence-corrected chi connectivity index (χ0v) is 27.1. The summed E-state index contributed by atoms with van der Waals surface area (Å²) in [5.41, 5.74) is 2.38. The number of likely N-dealkylation sites (N-methyl/N-ethyl adjacent to an activating group) is 1. The summed E-state index contributed by atoms with van der Waals surface area (Å²) in [5, 5.41) is 7.79. The molecule has 6 rings (SSSR count). The Morgan fingerprint density at radius 2 is 1.87 bits per heavy atom. The number of piperidine rings is 1. The number of carbonyl (C=O) groups is 1. The van der Waals surface area contributed by atoms with Crippen LogP contribution in [0, 0.1) is 11.6 Å². The van der Waals surface area contributed by atoms with Crippen LogP contribution in [-0.2, 0) is 9.63 Å². The summed E-state index contributed by atoms with van der Waals surface area (Å²) < 4.78 is 34.1. The van der Waals surface area contributed by atoms with Crippen LogP contribution < -0.4 is 25.3 Å². The molecule has 4 heterocycles. The van der Waals surface area contributed by atoms with Crippen molar-refractivity contribution in [3.05, 3.63) is 72.6 Å². The first-order valence-corrected chi connectivity index (χ1v) is 16.0. The van der Waals surface area contributed by atoms with Crippen molar-refractivity contribution in [2.45, 2.75) is 43.8 Å². The molecule has 3 aromatic rings. The number of hydroxylamine groups is 1. The summed E-state index contributed by atoms with van der Waals surface area (Å²) in [6, 6.07) is 9.62. The van der Waals surface area contributed by atoms with Gasteiger partial charge in [-0.05, 0) is 51.6 Å². The van der Waals surface area contributed by atoms with Gasteiger partial charge in [-0.15, -0.1) is 0 Å². The van der Waals surface area contributed by atoms with Gasteiger partial charge < -0.3 is 25.2 Å². The lowest BCUT2D eigenvalue weighted by molar-refractivity contribution is -0.111. The molecule has 0 unspecified atom stereocenters. The number of hydrogen-bond acceptors (Lipinski definition) is 10. The average Bonchev–Trinajstić information content (AvgIpc) is 3.76. The van der Waals surface area contributed by atoms with E-state index in [1.54, 1.807) is 13.2 Å². The molecule has 2 aromatic carbocycles. The third-order valence-corrected chi connectivity index (χ3v) is 9.38. The maximum Gasteiger partial charge on any atom is 0.247 e. The fraction of sp³-hybridized carbons (Fsp3) is 0.441. The van der Waals surface area contributed by atoms with Crippen LogP contribution >= 0.6 is 0 Å². The number of nitrogens with one attached hydrogen (secondary N) is 2. The standard InChI is InChI=1S/C34H42F2N8O3/c1-5-34(45)40-27-17-28(31(46-4)18-30(27)42-12-8-23(9-13-42)43-14-10-24(20-43)41(2)3)39-32-19-33(38-21-37-32)44-29(11-15-47-44)25-7-6-22(35)16-26(25)36/h5-7,16-19,21,23-24,29H,1,8-15,20H2,2-4H3,(H,40,45)(H,37,38,39)/t24-,29-/m1/s1. The van der Waals surface area contributed by atoms with Gasteiger partial charge in [0.2, 0.25) is 5.91 Å². The van der Waals surface area contributed by atoms with Gasteiger partial charge in [0.1, 0.15) is 29.5 Å². The van der Waals surface area contributed by atoms with Gasteiger partial charge in [-0.3, -0.25) is 14.5 Å². The van der Waals surface area contributed by atoms with E-state index in [2.05, 4.69) is 56.0 Å². The van der Waals surface area contributed by atoms with Gasteiger partial charge in [-0.1, -0.05) is 12.6 Å². The zero-order valence-electron chi connectivity index (χ0n) is 27.1. The van der Waals surface area contributed by atoms with Gasteiger partial charge in [0.05, 0.1) is 36.8 Å². The summed E-state index contributed by atoms with van der Waals surface area (Å²) in [5.74, 6) is -0.205. The Morgan fingerprint density at radius 3 is 2.57 bits per heavy atom. The van der Waals surface area contributed by atoms with Crippen molar-refractivity contribution in [2.75, 3.05) is 74.6 Å². The van der Waals surface area contributed by atoms with Crippen LogP contribution in [0.15, 0.2) is 55.4 Å². The summed E-state index contributed by atoms with van der Waals surface area (Å²) in [7, 11) is 5.90. The zero-order chi connectivity index (χ0) is 33.1. The number of anilines is 5. The number of hydrogen-bond donors (Lipinski definition) is 2. The fourth-order valence-electron chi connectivity index (χ4n) is 6.80. The summed E-state index contributed by atoms with van der Waals surface area (Å²) in [6.07, 6.45) is 6.38. The van der Waals surface area contributed by atoms with Gasteiger partial charge in [-0.2, -0.15) is 0 Å². The second-order valence-electron chi connectivity index (χ2n) is 12.4. The molecule has 11 nitrogen and oxygen atoms in total. The van der Waals surface area contributed by atoms with Gasteiger partial charge in [-0.25, -0.2) is 23.8 Å². The molecule has 0 aliphatic carbocycles. The topological polar surface area (TPSA) is 98.3 Å². The third kappa shape index (κ3) is 7.16. The van der Waals surface area contributed by atoms with E-state index < -0.39 is 17.7 Å². The van der Waals surface area contributed by atoms with E-state index in [0.29, 0.717) is 59.4 Å². The Bertz CT molecular complexity index is 1600. The van der Waals surface area contributed by atoms with Crippen molar-refractivity contribution in [3.8, 4) is 5.75 Å². The fourth-order valence-corrected chi connectivity index (χ4v) is 6.80. The van der Waals surface area contributed by atoms with Crippen LogP contribution in [0.2, 0.25) is 0 Å². The SMILES string of the molecule is C=CC(=O)Nc1cc(Nc2cc(N3OCC[C@@H]3c3ccc(F)cc3F)ncn2)c(OC)cc1N1CCC(N2CC[C@@H](N(C)C)C2)CC1. The summed E-state index contributed by atoms with van der Waals surface area (Å²) in [4.78, 5) is 34.3. The molecule has 3 saturated heterocycles. The molecule has 3 aliphatic heterocycles. The van der Waals surface area contributed by atoms with Crippen molar-refractivity contribution in [1.29, 1.82) is 0 Å². The lowest BCUT2D eigenvalue weighted by Gasteiger charge is -2.39. The Morgan fingerprint density at radius 1 is 1.06 bits per heavy atom. The molecular weight excluding hydrogens is 606 g/mol. The number of carbonyl (C=O) groups excluding carboxylic acids is 1. The van der Waals surface area contributed by atoms with Gasteiger partial charge in [0, 0.05) is 68.4 Å². The highest BCUT2D eigenvalue weighted by molar-refractivity contribution is 6.02.